The normalized spacial score (nSPS) is 14.3. The van der Waals surface area contributed by atoms with Gasteiger partial charge in [0.1, 0.15) is 11.5 Å². The number of rotatable bonds is 12. The average Bonchev–Trinajstić information content (AvgIpc) is 3.51. The highest BCUT2D eigenvalue weighted by Crippen LogP contribution is 2.30. The summed E-state index contributed by atoms with van der Waals surface area (Å²) in [6.45, 7) is 0. The lowest BCUT2D eigenvalue weighted by Crippen LogP contribution is -2.38. The van der Waals surface area contributed by atoms with E-state index < -0.39 is 0 Å². The topological polar surface area (TPSA) is 60.5 Å². The van der Waals surface area contributed by atoms with Crippen LogP contribution in [0.4, 0.5) is 0 Å². The molecule has 1 amide bonds. The zero-order chi connectivity index (χ0) is 26.6. The summed E-state index contributed by atoms with van der Waals surface area (Å²) in [6.07, 6.45) is 17.1. The van der Waals surface area contributed by atoms with Crippen LogP contribution in [0.5, 0.6) is 11.5 Å². The number of pyridine rings is 1. The molecular formula is C33H38N2O3. The zero-order valence-electron chi connectivity index (χ0n) is 22.4. The largest absolute Gasteiger partial charge is 0.497 e. The van der Waals surface area contributed by atoms with Gasteiger partial charge in [-0.15, -0.1) is 0 Å². The molecule has 1 atom stereocenters. The van der Waals surface area contributed by atoms with Crippen LogP contribution in [0.25, 0.3) is 5.57 Å². The van der Waals surface area contributed by atoms with Gasteiger partial charge >= 0.3 is 0 Å². The number of nitrogens with one attached hydrogen (secondary N) is 1. The van der Waals surface area contributed by atoms with E-state index in [0.29, 0.717) is 5.92 Å². The maximum Gasteiger partial charge on any atom is 0.244 e. The van der Waals surface area contributed by atoms with Gasteiger partial charge in [-0.2, -0.15) is 0 Å². The number of nitrogens with zero attached hydrogens (tertiary/aromatic N) is 1. The number of carbonyl (C=O) groups is 1. The monoisotopic (exact) mass is 510 g/mol. The Hall–Kier alpha value is -3.86. The van der Waals surface area contributed by atoms with Crippen LogP contribution in [0.1, 0.15) is 55.2 Å². The average molecular weight is 511 g/mol. The van der Waals surface area contributed by atoms with E-state index in [0.717, 1.165) is 47.5 Å². The molecular weight excluding hydrogens is 472 g/mol. The third-order valence-electron chi connectivity index (χ3n) is 7.31. The Bertz CT molecular complexity index is 1150. The number of benzene rings is 2. The van der Waals surface area contributed by atoms with E-state index in [2.05, 4.69) is 16.4 Å². The summed E-state index contributed by atoms with van der Waals surface area (Å²) in [5, 5.41) is 3.32. The second kappa shape index (κ2) is 14.2. The molecule has 38 heavy (non-hydrogen) atoms. The van der Waals surface area contributed by atoms with Gasteiger partial charge in [0.2, 0.25) is 5.91 Å². The Kier molecular flexibility index (Phi) is 10.1. The second-order valence-electron chi connectivity index (χ2n) is 9.81. The lowest BCUT2D eigenvalue weighted by molar-refractivity contribution is -0.117. The highest BCUT2D eigenvalue weighted by molar-refractivity contribution is 5.89. The predicted molar refractivity (Wildman–Crippen MR) is 153 cm³/mol. The number of allylic oxidation sites excluding steroid dienone is 2. The van der Waals surface area contributed by atoms with Gasteiger partial charge in [0.05, 0.1) is 14.2 Å². The van der Waals surface area contributed by atoms with Crippen molar-refractivity contribution in [2.24, 2.45) is 5.92 Å². The summed E-state index contributed by atoms with van der Waals surface area (Å²) >= 11 is 0. The summed E-state index contributed by atoms with van der Waals surface area (Å²) < 4.78 is 10.6. The molecule has 1 fully saturated rings. The van der Waals surface area contributed by atoms with Crippen molar-refractivity contribution in [3.8, 4) is 11.5 Å². The van der Waals surface area contributed by atoms with Crippen LogP contribution in [0.3, 0.4) is 0 Å². The van der Waals surface area contributed by atoms with Gasteiger partial charge in [-0.3, -0.25) is 9.78 Å². The third-order valence-corrected chi connectivity index (χ3v) is 7.31. The summed E-state index contributed by atoms with van der Waals surface area (Å²) in [5.74, 6) is 2.13. The minimum absolute atomic E-state index is 0.0386. The van der Waals surface area contributed by atoms with Crippen molar-refractivity contribution in [2.45, 2.75) is 51.0 Å². The molecule has 0 saturated heterocycles. The van der Waals surface area contributed by atoms with Gasteiger partial charge in [0.15, 0.2) is 0 Å². The number of aromatic nitrogens is 1. The van der Waals surface area contributed by atoms with Crippen LogP contribution in [-0.2, 0) is 11.2 Å². The highest BCUT2D eigenvalue weighted by Gasteiger charge is 2.25. The smallest absolute Gasteiger partial charge is 0.244 e. The Morgan fingerprint density at radius 1 is 0.974 bits per heavy atom. The fourth-order valence-electron chi connectivity index (χ4n) is 5.22. The fourth-order valence-corrected chi connectivity index (χ4v) is 5.22. The van der Waals surface area contributed by atoms with Crippen LogP contribution in [0.2, 0.25) is 0 Å². The van der Waals surface area contributed by atoms with E-state index in [1.54, 1.807) is 26.5 Å². The van der Waals surface area contributed by atoms with Gasteiger partial charge in [-0.25, -0.2) is 0 Å². The standard InChI is InChI=1S/C33H38N2O3/c1-37-29-19-15-26(16-20-29)31(27-17-21-30(38-2)22-18-27)12-6-14-33(36)35-32(28-10-3-4-11-28)13-5-8-25-9-7-23-34-24-25/h6-7,9,12,14-24,28,32H,3-5,8,10-11,13H2,1-2H3,(H,35,36)/b14-6+/t32-/m1/s1. The zero-order valence-corrected chi connectivity index (χ0v) is 22.4. The maximum atomic E-state index is 13.0. The number of aryl methyl sites for hydroxylation is 1. The molecule has 5 heteroatoms. The highest BCUT2D eigenvalue weighted by atomic mass is 16.5. The van der Waals surface area contributed by atoms with Crippen LogP contribution in [0, 0.1) is 5.92 Å². The van der Waals surface area contributed by atoms with Crippen molar-refractivity contribution >= 4 is 11.5 Å². The predicted octanol–water partition coefficient (Wildman–Crippen LogP) is 6.78. The third kappa shape index (κ3) is 7.82. The van der Waals surface area contributed by atoms with Gasteiger partial charge in [0.25, 0.3) is 0 Å². The number of amides is 1. The van der Waals surface area contributed by atoms with E-state index in [4.69, 9.17) is 9.47 Å². The van der Waals surface area contributed by atoms with Crippen molar-refractivity contribution in [3.63, 3.8) is 0 Å². The Morgan fingerprint density at radius 2 is 1.61 bits per heavy atom. The second-order valence-corrected chi connectivity index (χ2v) is 9.81. The van der Waals surface area contributed by atoms with Crippen LogP contribution >= 0.6 is 0 Å². The molecule has 0 radical (unpaired) electrons. The van der Waals surface area contributed by atoms with E-state index in [-0.39, 0.29) is 11.9 Å². The molecule has 0 bridgehead atoms. The molecule has 0 spiro atoms. The molecule has 198 valence electrons. The first-order valence-corrected chi connectivity index (χ1v) is 13.5. The first kappa shape index (κ1) is 27.2. The molecule has 1 heterocycles. The summed E-state index contributed by atoms with van der Waals surface area (Å²) in [6, 6.07) is 20.2. The quantitative estimate of drug-likeness (QED) is 0.215. The molecule has 1 N–H and O–H groups in total. The van der Waals surface area contributed by atoms with Crippen molar-refractivity contribution < 1.29 is 14.3 Å². The minimum atomic E-state index is -0.0386. The van der Waals surface area contributed by atoms with Crippen molar-refractivity contribution in [1.29, 1.82) is 0 Å². The molecule has 0 unspecified atom stereocenters. The Balaban J connectivity index is 1.45. The van der Waals surface area contributed by atoms with Crippen LogP contribution in [0.15, 0.2) is 91.3 Å². The van der Waals surface area contributed by atoms with Gasteiger partial charge < -0.3 is 14.8 Å². The number of carbonyl (C=O) groups excluding carboxylic acids is 1. The van der Waals surface area contributed by atoms with Crippen LogP contribution in [-0.4, -0.2) is 31.2 Å². The van der Waals surface area contributed by atoms with Gasteiger partial charge in [0, 0.05) is 24.5 Å². The van der Waals surface area contributed by atoms with Crippen LogP contribution < -0.4 is 14.8 Å². The van der Waals surface area contributed by atoms with E-state index in [1.165, 1.54) is 31.2 Å². The number of hydrogen-bond acceptors (Lipinski definition) is 4. The molecule has 0 aliphatic heterocycles. The molecule has 1 saturated carbocycles. The molecule has 2 aromatic carbocycles. The van der Waals surface area contributed by atoms with Gasteiger partial charge in [-0.1, -0.05) is 55.3 Å². The van der Waals surface area contributed by atoms with E-state index >= 15 is 0 Å². The number of hydrogen-bond donors (Lipinski definition) is 1. The summed E-state index contributed by atoms with van der Waals surface area (Å²) in [5.41, 5.74) is 4.35. The number of methoxy groups -OCH3 is 2. The molecule has 4 rings (SSSR count). The molecule has 5 nitrogen and oxygen atoms in total. The Morgan fingerprint density at radius 3 is 2.16 bits per heavy atom. The molecule has 3 aromatic rings. The maximum absolute atomic E-state index is 13.0. The first-order chi connectivity index (χ1) is 18.7. The minimum Gasteiger partial charge on any atom is -0.497 e. The van der Waals surface area contributed by atoms with Gasteiger partial charge in [-0.05, 0) is 90.6 Å². The Labute approximate surface area is 226 Å². The molecule has 1 aromatic heterocycles. The van der Waals surface area contributed by atoms with E-state index in [9.17, 15) is 4.79 Å². The van der Waals surface area contributed by atoms with Crippen molar-refractivity contribution in [2.75, 3.05) is 14.2 Å². The lowest BCUT2D eigenvalue weighted by Gasteiger charge is -2.24. The fraction of sp³-hybridized carbons (Fsp3) is 0.333. The lowest BCUT2D eigenvalue weighted by atomic mass is 9.92. The summed E-state index contributed by atoms with van der Waals surface area (Å²) in [7, 11) is 3.32. The molecule has 1 aliphatic carbocycles. The first-order valence-electron chi connectivity index (χ1n) is 13.5. The molecule has 1 aliphatic rings. The summed E-state index contributed by atoms with van der Waals surface area (Å²) in [4.78, 5) is 17.2. The SMILES string of the molecule is COc1ccc(C(=C/C=C/C(=O)N[C@H](CCCc2cccnc2)C2CCCC2)c2ccc(OC)cc2)cc1. The van der Waals surface area contributed by atoms with Crippen molar-refractivity contribution in [1.82, 2.24) is 10.3 Å². The number of ether oxygens (including phenoxy) is 2. The van der Waals surface area contributed by atoms with Crippen molar-refractivity contribution in [3.05, 3.63) is 108 Å². The van der Waals surface area contributed by atoms with E-state index in [1.807, 2.05) is 72.9 Å².